The van der Waals surface area contributed by atoms with Crippen molar-refractivity contribution in [3.8, 4) is 5.75 Å². The van der Waals surface area contributed by atoms with Crippen molar-refractivity contribution in [2.45, 2.75) is 26.4 Å². The second-order valence-electron chi connectivity index (χ2n) is 5.09. The molecule has 2 rings (SSSR count). The van der Waals surface area contributed by atoms with E-state index in [1.54, 1.807) is 18.2 Å². The van der Waals surface area contributed by atoms with Gasteiger partial charge in [-0.1, -0.05) is 26.0 Å². The van der Waals surface area contributed by atoms with Gasteiger partial charge >= 0.3 is 6.61 Å². The summed E-state index contributed by atoms with van der Waals surface area (Å²) in [5, 5.41) is 0. The summed E-state index contributed by atoms with van der Waals surface area (Å²) in [5.41, 5.74) is 6.89. The number of rotatable bonds is 4. The fourth-order valence-corrected chi connectivity index (χ4v) is 2.73. The molecule has 1 aliphatic carbocycles. The maximum atomic E-state index is 12.1. The minimum absolute atomic E-state index is 0.151. The van der Waals surface area contributed by atoms with Crippen molar-refractivity contribution in [3.05, 3.63) is 29.8 Å². The molecule has 0 amide bonds. The first kappa shape index (κ1) is 12.3. The highest BCUT2D eigenvalue weighted by atomic mass is 19.3. The normalized spacial score (nSPS) is 26.0. The van der Waals surface area contributed by atoms with Crippen LogP contribution in [-0.4, -0.2) is 13.2 Å². The summed E-state index contributed by atoms with van der Waals surface area (Å²) >= 11 is 0. The molecular weight excluding hydrogens is 224 g/mol. The monoisotopic (exact) mass is 241 g/mol. The molecule has 1 aliphatic rings. The Morgan fingerprint density at radius 2 is 2.12 bits per heavy atom. The van der Waals surface area contributed by atoms with Crippen molar-refractivity contribution in [2.24, 2.45) is 17.1 Å². The number of ether oxygens (including phenoxy) is 1. The highest BCUT2D eigenvalue weighted by Gasteiger charge is 2.57. The summed E-state index contributed by atoms with van der Waals surface area (Å²) in [4.78, 5) is 0. The molecule has 0 unspecified atom stereocenters. The van der Waals surface area contributed by atoms with Gasteiger partial charge in [0.1, 0.15) is 5.75 Å². The van der Waals surface area contributed by atoms with E-state index in [1.165, 1.54) is 0 Å². The van der Waals surface area contributed by atoms with Gasteiger partial charge in [0, 0.05) is 0 Å². The topological polar surface area (TPSA) is 35.2 Å². The predicted molar refractivity (Wildman–Crippen MR) is 62.1 cm³/mol. The van der Waals surface area contributed by atoms with Crippen LogP contribution >= 0.6 is 0 Å². The molecule has 17 heavy (non-hydrogen) atoms. The molecule has 2 N–H and O–H groups in total. The smallest absolute Gasteiger partial charge is 0.387 e. The molecule has 0 bridgehead atoms. The Morgan fingerprint density at radius 1 is 1.41 bits per heavy atom. The Bertz CT molecular complexity index is 406. The number of halogens is 2. The van der Waals surface area contributed by atoms with Gasteiger partial charge in [0.15, 0.2) is 0 Å². The largest absolute Gasteiger partial charge is 0.435 e. The third kappa shape index (κ3) is 2.27. The van der Waals surface area contributed by atoms with Crippen LogP contribution in [0.5, 0.6) is 5.75 Å². The first-order chi connectivity index (χ1) is 7.96. The van der Waals surface area contributed by atoms with E-state index in [2.05, 4.69) is 18.6 Å². The first-order valence-electron chi connectivity index (χ1n) is 5.71. The molecule has 1 fully saturated rings. The third-order valence-electron chi connectivity index (χ3n) is 3.75. The van der Waals surface area contributed by atoms with Crippen LogP contribution in [0.2, 0.25) is 0 Å². The molecule has 2 atom stereocenters. The van der Waals surface area contributed by atoms with Crippen molar-refractivity contribution in [3.63, 3.8) is 0 Å². The first-order valence-corrected chi connectivity index (χ1v) is 5.71. The standard InChI is InChI=1S/C13H17F2NO/c1-13(2)10(7-16)11(13)8-4-3-5-9(6-8)17-12(14)15/h3-6,10-12H,7,16H2,1-2H3/t10-,11-/m0/s1. The molecule has 0 heterocycles. The second kappa shape index (κ2) is 4.26. The molecule has 0 saturated heterocycles. The number of alkyl halides is 2. The van der Waals surface area contributed by atoms with Crippen LogP contribution in [0, 0.1) is 11.3 Å². The summed E-state index contributed by atoms with van der Waals surface area (Å²) in [6, 6.07) is 6.92. The fraction of sp³-hybridized carbons (Fsp3) is 0.538. The minimum atomic E-state index is -2.78. The zero-order valence-electron chi connectivity index (χ0n) is 9.99. The van der Waals surface area contributed by atoms with Gasteiger partial charge in [0.2, 0.25) is 0 Å². The van der Waals surface area contributed by atoms with E-state index in [0.717, 1.165) is 5.56 Å². The molecule has 1 saturated carbocycles. The molecule has 0 aliphatic heterocycles. The molecule has 1 aromatic carbocycles. The summed E-state index contributed by atoms with van der Waals surface area (Å²) in [5.74, 6) is 0.981. The highest BCUT2D eigenvalue weighted by molar-refractivity contribution is 5.37. The molecular formula is C13H17F2NO. The quantitative estimate of drug-likeness (QED) is 0.879. The van der Waals surface area contributed by atoms with Gasteiger partial charge in [-0.25, -0.2) is 0 Å². The van der Waals surface area contributed by atoms with Gasteiger partial charge in [0.05, 0.1) is 0 Å². The molecule has 4 heteroatoms. The van der Waals surface area contributed by atoms with E-state index < -0.39 is 6.61 Å². The Kier molecular flexibility index (Phi) is 3.08. The molecule has 0 radical (unpaired) electrons. The summed E-state index contributed by atoms with van der Waals surface area (Å²) in [6.45, 7) is 2.14. The third-order valence-corrected chi connectivity index (χ3v) is 3.75. The van der Waals surface area contributed by atoms with Gasteiger partial charge in [-0.2, -0.15) is 8.78 Å². The summed E-state index contributed by atoms with van der Waals surface area (Å²) in [7, 11) is 0. The van der Waals surface area contributed by atoms with E-state index in [9.17, 15) is 8.78 Å². The molecule has 2 nitrogen and oxygen atoms in total. The minimum Gasteiger partial charge on any atom is -0.435 e. The van der Waals surface area contributed by atoms with Crippen molar-refractivity contribution < 1.29 is 13.5 Å². The fourth-order valence-electron chi connectivity index (χ4n) is 2.73. The lowest BCUT2D eigenvalue weighted by atomic mass is 10.0. The predicted octanol–water partition coefficient (Wildman–Crippen LogP) is 2.99. The Hall–Kier alpha value is -1.16. The van der Waals surface area contributed by atoms with Gasteiger partial charge in [0.25, 0.3) is 0 Å². The molecule has 1 aromatic rings. The molecule has 94 valence electrons. The highest BCUT2D eigenvalue weighted by Crippen LogP contribution is 2.63. The average molecular weight is 241 g/mol. The number of hydrogen-bond donors (Lipinski definition) is 1. The van der Waals surface area contributed by atoms with Gasteiger partial charge < -0.3 is 10.5 Å². The Balaban J connectivity index is 2.18. The average Bonchev–Trinajstić information content (AvgIpc) is 2.79. The van der Waals surface area contributed by atoms with Gasteiger partial charge in [-0.3, -0.25) is 0 Å². The van der Waals surface area contributed by atoms with E-state index in [0.29, 0.717) is 18.4 Å². The maximum absolute atomic E-state index is 12.1. The van der Waals surface area contributed by atoms with Crippen LogP contribution < -0.4 is 10.5 Å². The second-order valence-corrected chi connectivity index (χ2v) is 5.09. The lowest BCUT2D eigenvalue weighted by Crippen LogP contribution is -2.05. The lowest BCUT2D eigenvalue weighted by molar-refractivity contribution is -0.0498. The zero-order valence-corrected chi connectivity index (χ0v) is 9.99. The number of nitrogens with two attached hydrogens (primary N) is 1. The SMILES string of the molecule is CC1(C)[C@@H](CN)[C@@H]1c1cccc(OC(F)F)c1. The van der Waals surface area contributed by atoms with Gasteiger partial charge in [-0.05, 0) is 41.5 Å². The van der Waals surface area contributed by atoms with Crippen molar-refractivity contribution >= 4 is 0 Å². The van der Waals surface area contributed by atoms with E-state index in [1.807, 2.05) is 6.07 Å². The number of hydrogen-bond acceptors (Lipinski definition) is 2. The van der Waals surface area contributed by atoms with Crippen LogP contribution in [0.1, 0.15) is 25.3 Å². The summed E-state index contributed by atoms with van der Waals surface area (Å²) in [6.07, 6.45) is 0. The van der Waals surface area contributed by atoms with Crippen LogP contribution in [0.15, 0.2) is 24.3 Å². The molecule has 0 spiro atoms. The lowest BCUT2D eigenvalue weighted by Gasteiger charge is -2.07. The van der Waals surface area contributed by atoms with Crippen LogP contribution in [0.3, 0.4) is 0 Å². The van der Waals surface area contributed by atoms with Crippen LogP contribution in [-0.2, 0) is 0 Å². The zero-order chi connectivity index (χ0) is 12.6. The van der Waals surface area contributed by atoms with E-state index in [-0.39, 0.29) is 11.2 Å². The Labute approximate surface area is 99.8 Å². The summed E-state index contributed by atoms with van der Waals surface area (Å²) < 4.78 is 28.6. The van der Waals surface area contributed by atoms with Gasteiger partial charge in [-0.15, -0.1) is 0 Å². The van der Waals surface area contributed by atoms with Crippen molar-refractivity contribution in [1.29, 1.82) is 0 Å². The maximum Gasteiger partial charge on any atom is 0.387 e. The number of benzene rings is 1. The van der Waals surface area contributed by atoms with Crippen LogP contribution in [0.25, 0.3) is 0 Å². The molecule has 0 aromatic heterocycles. The van der Waals surface area contributed by atoms with E-state index in [4.69, 9.17) is 5.73 Å². The van der Waals surface area contributed by atoms with E-state index >= 15 is 0 Å². The van der Waals surface area contributed by atoms with Crippen molar-refractivity contribution in [2.75, 3.05) is 6.54 Å². The van der Waals surface area contributed by atoms with Crippen LogP contribution in [0.4, 0.5) is 8.78 Å². The Morgan fingerprint density at radius 3 is 2.65 bits per heavy atom. The van der Waals surface area contributed by atoms with Crippen molar-refractivity contribution in [1.82, 2.24) is 0 Å².